The minimum absolute atomic E-state index is 0.0472. The highest BCUT2D eigenvalue weighted by Crippen LogP contribution is 2.22. The Morgan fingerprint density at radius 2 is 1.59 bits per heavy atom. The summed E-state index contributed by atoms with van der Waals surface area (Å²) >= 11 is 0. The Labute approximate surface area is 157 Å². The van der Waals surface area contributed by atoms with Gasteiger partial charge < -0.3 is 19.5 Å². The Balaban J connectivity index is 1.30. The van der Waals surface area contributed by atoms with E-state index in [1.54, 1.807) is 0 Å². The molecule has 1 N–H and O–H groups in total. The van der Waals surface area contributed by atoms with Crippen LogP contribution in [0.25, 0.3) is 11.5 Å². The lowest BCUT2D eigenvalue weighted by atomic mass is 10.2. The Kier molecular flexibility index (Phi) is 5.00. The molecule has 7 heteroatoms. The molecule has 0 spiro atoms. The normalized spacial score (nSPS) is 14.2. The van der Waals surface area contributed by atoms with Gasteiger partial charge in [-0.05, 0) is 17.7 Å². The van der Waals surface area contributed by atoms with Gasteiger partial charge in [-0.2, -0.15) is 0 Å². The molecule has 2 aromatic carbocycles. The number of hydrogen-bond acceptors (Lipinski definition) is 5. The first-order valence-electron chi connectivity index (χ1n) is 9.00. The van der Waals surface area contributed by atoms with Crippen LogP contribution < -0.4 is 10.2 Å². The van der Waals surface area contributed by atoms with Crippen LogP contribution in [0.4, 0.5) is 10.8 Å². The second-order valence-electron chi connectivity index (χ2n) is 6.37. The fourth-order valence-electron chi connectivity index (χ4n) is 3.03. The number of carbonyl (C=O) groups excluding carboxylic acids is 1. The summed E-state index contributed by atoms with van der Waals surface area (Å²) in [5, 5.41) is 11.2. The van der Waals surface area contributed by atoms with Crippen LogP contribution in [-0.2, 0) is 6.54 Å². The molecule has 0 atom stereocenters. The molecule has 1 fully saturated rings. The summed E-state index contributed by atoms with van der Waals surface area (Å²) in [5.41, 5.74) is 1.99. The molecule has 1 saturated heterocycles. The van der Waals surface area contributed by atoms with E-state index in [1.807, 2.05) is 70.5 Å². The van der Waals surface area contributed by atoms with Crippen molar-refractivity contribution >= 4 is 12.0 Å². The van der Waals surface area contributed by atoms with E-state index in [0.717, 1.165) is 11.1 Å². The van der Waals surface area contributed by atoms with Gasteiger partial charge in [-0.25, -0.2) is 4.79 Å². The number of anilines is 1. The van der Waals surface area contributed by atoms with Crippen molar-refractivity contribution in [3.8, 4) is 11.5 Å². The second-order valence-corrected chi connectivity index (χ2v) is 6.37. The van der Waals surface area contributed by atoms with Gasteiger partial charge in [-0.1, -0.05) is 53.6 Å². The van der Waals surface area contributed by atoms with Crippen molar-refractivity contribution in [2.45, 2.75) is 6.54 Å². The summed E-state index contributed by atoms with van der Waals surface area (Å²) in [7, 11) is 0. The zero-order chi connectivity index (χ0) is 18.5. The van der Waals surface area contributed by atoms with Crippen molar-refractivity contribution in [3.63, 3.8) is 0 Å². The molecule has 27 heavy (non-hydrogen) atoms. The topological polar surface area (TPSA) is 74.5 Å². The van der Waals surface area contributed by atoms with Gasteiger partial charge in [-0.15, -0.1) is 5.10 Å². The molecule has 7 nitrogen and oxygen atoms in total. The average molecular weight is 363 g/mol. The number of aromatic nitrogens is 2. The van der Waals surface area contributed by atoms with Crippen LogP contribution in [0.1, 0.15) is 5.56 Å². The molecule has 0 unspecified atom stereocenters. The fourth-order valence-corrected chi connectivity index (χ4v) is 3.03. The molecule has 3 aromatic rings. The number of urea groups is 1. The summed E-state index contributed by atoms with van der Waals surface area (Å²) in [6.07, 6.45) is 0. The van der Waals surface area contributed by atoms with E-state index in [4.69, 9.17) is 4.42 Å². The van der Waals surface area contributed by atoms with Crippen LogP contribution in [0.5, 0.6) is 0 Å². The first-order chi connectivity index (χ1) is 13.3. The van der Waals surface area contributed by atoms with Crippen LogP contribution >= 0.6 is 0 Å². The fraction of sp³-hybridized carbons (Fsp3) is 0.250. The summed E-state index contributed by atoms with van der Waals surface area (Å²) in [4.78, 5) is 16.2. The average Bonchev–Trinajstić information content (AvgIpc) is 3.24. The Morgan fingerprint density at radius 3 is 2.30 bits per heavy atom. The number of rotatable bonds is 4. The summed E-state index contributed by atoms with van der Waals surface area (Å²) in [6, 6.07) is 20.0. The monoisotopic (exact) mass is 363 g/mol. The highest BCUT2D eigenvalue weighted by molar-refractivity contribution is 5.74. The quantitative estimate of drug-likeness (QED) is 0.771. The van der Waals surface area contributed by atoms with Gasteiger partial charge in [-0.3, -0.25) is 0 Å². The minimum atomic E-state index is -0.0472. The predicted octanol–water partition coefficient (Wildman–Crippen LogP) is 2.77. The van der Waals surface area contributed by atoms with E-state index in [2.05, 4.69) is 15.5 Å². The molecule has 0 aliphatic carbocycles. The molecule has 0 radical (unpaired) electrons. The molecule has 138 valence electrons. The molecule has 1 aromatic heterocycles. The SMILES string of the molecule is O=C(NCc1ccccc1)N1CCN(c2nnc(-c3ccccc3)o2)CC1. The number of benzene rings is 2. The Bertz CT molecular complexity index is 874. The molecule has 0 saturated carbocycles. The van der Waals surface area contributed by atoms with Gasteiger partial charge in [0.1, 0.15) is 0 Å². The zero-order valence-corrected chi connectivity index (χ0v) is 14.9. The first kappa shape index (κ1) is 17.1. The van der Waals surface area contributed by atoms with E-state index < -0.39 is 0 Å². The van der Waals surface area contributed by atoms with Crippen molar-refractivity contribution in [1.82, 2.24) is 20.4 Å². The van der Waals surface area contributed by atoms with Gasteiger partial charge in [0.2, 0.25) is 5.89 Å². The molecule has 4 rings (SSSR count). The molecule has 0 bridgehead atoms. The molecular formula is C20H21N5O2. The maximum atomic E-state index is 12.3. The van der Waals surface area contributed by atoms with E-state index in [1.165, 1.54) is 0 Å². The van der Waals surface area contributed by atoms with Crippen LogP contribution in [0, 0.1) is 0 Å². The lowest BCUT2D eigenvalue weighted by molar-refractivity contribution is 0.193. The smallest absolute Gasteiger partial charge is 0.318 e. The minimum Gasteiger partial charge on any atom is -0.403 e. The number of nitrogens with one attached hydrogen (secondary N) is 1. The summed E-state index contributed by atoms with van der Waals surface area (Å²) in [5.74, 6) is 0.508. The molecule has 1 aliphatic rings. The van der Waals surface area contributed by atoms with Crippen LogP contribution in [0.15, 0.2) is 65.1 Å². The van der Waals surface area contributed by atoms with Gasteiger partial charge in [0.05, 0.1) is 0 Å². The standard InChI is InChI=1S/C20H21N5O2/c26-19(21-15-16-7-3-1-4-8-16)24-11-13-25(14-12-24)20-23-22-18(27-20)17-9-5-2-6-10-17/h1-10H,11-15H2,(H,21,26). The Hall–Kier alpha value is -3.35. The van der Waals surface area contributed by atoms with Crippen molar-refractivity contribution in [2.75, 3.05) is 31.1 Å². The highest BCUT2D eigenvalue weighted by Gasteiger charge is 2.24. The third kappa shape index (κ3) is 4.08. The highest BCUT2D eigenvalue weighted by atomic mass is 16.4. The number of amides is 2. The first-order valence-corrected chi connectivity index (χ1v) is 9.00. The molecule has 2 amide bonds. The third-order valence-corrected chi connectivity index (χ3v) is 4.56. The summed E-state index contributed by atoms with van der Waals surface area (Å²) in [6.45, 7) is 3.09. The van der Waals surface area contributed by atoms with Crippen LogP contribution in [0.3, 0.4) is 0 Å². The second kappa shape index (κ2) is 7.90. The number of piperazine rings is 1. The molecule has 1 aliphatic heterocycles. The van der Waals surface area contributed by atoms with E-state index in [0.29, 0.717) is 44.6 Å². The van der Waals surface area contributed by atoms with E-state index >= 15 is 0 Å². The largest absolute Gasteiger partial charge is 0.403 e. The maximum Gasteiger partial charge on any atom is 0.318 e. The van der Waals surface area contributed by atoms with E-state index in [9.17, 15) is 4.79 Å². The van der Waals surface area contributed by atoms with Gasteiger partial charge in [0, 0.05) is 38.3 Å². The van der Waals surface area contributed by atoms with Gasteiger partial charge in [0.15, 0.2) is 0 Å². The van der Waals surface area contributed by atoms with Crippen molar-refractivity contribution in [3.05, 3.63) is 66.2 Å². The van der Waals surface area contributed by atoms with Crippen LogP contribution in [0.2, 0.25) is 0 Å². The van der Waals surface area contributed by atoms with Crippen molar-refractivity contribution in [1.29, 1.82) is 0 Å². The van der Waals surface area contributed by atoms with Crippen LogP contribution in [-0.4, -0.2) is 47.3 Å². The van der Waals surface area contributed by atoms with Gasteiger partial charge >= 0.3 is 12.0 Å². The van der Waals surface area contributed by atoms with Gasteiger partial charge in [0.25, 0.3) is 0 Å². The Morgan fingerprint density at radius 1 is 0.926 bits per heavy atom. The third-order valence-electron chi connectivity index (χ3n) is 4.56. The predicted molar refractivity (Wildman–Crippen MR) is 102 cm³/mol. The van der Waals surface area contributed by atoms with Crippen molar-refractivity contribution in [2.24, 2.45) is 0 Å². The lowest BCUT2D eigenvalue weighted by Gasteiger charge is -2.33. The van der Waals surface area contributed by atoms with E-state index in [-0.39, 0.29) is 6.03 Å². The maximum absolute atomic E-state index is 12.3. The summed E-state index contributed by atoms with van der Waals surface area (Å²) < 4.78 is 5.79. The number of carbonyl (C=O) groups is 1. The van der Waals surface area contributed by atoms with Crippen molar-refractivity contribution < 1.29 is 9.21 Å². The molecule has 2 heterocycles. The lowest BCUT2D eigenvalue weighted by Crippen LogP contribution is -2.51. The zero-order valence-electron chi connectivity index (χ0n) is 14.9. The number of hydrogen-bond donors (Lipinski definition) is 1. The molecular weight excluding hydrogens is 342 g/mol. The number of nitrogens with zero attached hydrogens (tertiary/aromatic N) is 4.